The minimum absolute atomic E-state index is 0.178. The van der Waals surface area contributed by atoms with Crippen LogP contribution in [0.3, 0.4) is 0 Å². The summed E-state index contributed by atoms with van der Waals surface area (Å²) in [5.41, 5.74) is 0.929. The predicted octanol–water partition coefficient (Wildman–Crippen LogP) is 4.56. The van der Waals surface area contributed by atoms with E-state index in [0.717, 1.165) is 0 Å². The minimum atomic E-state index is -0.578. The van der Waals surface area contributed by atoms with Crippen LogP contribution in [-0.2, 0) is 4.79 Å². The molecule has 0 unspecified atom stereocenters. The second-order valence-corrected chi connectivity index (χ2v) is 7.34. The number of ketones is 1. The maximum atomic E-state index is 12.6. The van der Waals surface area contributed by atoms with Gasteiger partial charge in [0.15, 0.2) is 5.78 Å². The molecule has 9 heteroatoms. The lowest BCUT2D eigenvalue weighted by Crippen LogP contribution is -2.30. The van der Waals surface area contributed by atoms with Crippen LogP contribution in [0.15, 0.2) is 66.7 Å². The molecule has 8 nitrogen and oxygen atoms in total. The van der Waals surface area contributed by atoms with E-state index in [2.05, 4.69) is 5.32 Å². The van der Waals surface area contributed by atoms with Crippen molar-refractivity contribution < 1.29 is 19.2 Å². The van der Waals surface area contributed by atoms with Gasteiger partial charge in [0.1, 0.15) is 11.4 Å². The number of halogens is 1. The molecule has 0 bridgehead atoms. The summed E-state index contributed by atoms with van der Waals surface area (Å²) in [5.74, 6) is -0.319. The first-order chi connectivity index (χ1) is 15.3. The van der Waals surface area contributed by atoms with Crippen molar-refractivity contribution in [1.82, 2.24) is 0 Å². The van der Waals surface area contributed by atoms with Gasteiger partial charge >= 0.3 is 0 Å². The van der Waals surface area contributed by atoms with E-state index in [1.807, 2.05) is 0 Å². The van der Waals surface area contributed by atoms with Gasteiger partial charge < -0.3 is 15.0 Å². The van der Waals surface area contributed by atoms with Gasteiger partial charge in [-0.15, -0.1) is 0 Å². The summed E-state index contributed by atoms with van der Waals surface area (Å²) < 4.78 is 5.21. The topological polar surface area (TPSA) is 102 Å². The Labute approximate surface area is 189 Å². The minimum Gasteiger partial charge on any atom is -0.495 e. The summed E-state index contributed by atoms with van der Waals surface area (Å²) in [6.45, 7) is -0.178. The van der Waals surface area contributed by atoms with E-state index >= 15 is 0 Å². The molecule has 0 aliphatic heterocycles. The highest BCUT2D eigenvalue weighted by molar-refractivity contribution is 6.31. The largest absolute Gasteiger partial charge is 0.495 e. The van der Waals surface area contributed by atoms with E-state index in [4.69, 9.17) is 16.3 Å². The van der Waals surface area contributed by atoms with Crippen molar-refractivity contribution >= 4 is 40.4 Å². The molecule has 3 aromatic carbocycles. The Hall–Kier alpha value is -3.91. The van der Waals surface area contributed by atoms with Gasteiger partial charge in [0, 0.05) is 29.3 Å². The van der Waals surface area contributed by atoms with Crippen molar-refractivity contribution in [3.05, 3.63) is 93.0 Å². The average molecular weight is 454 g/mol. The van der Waals surface area contributed by atoms with Crippen LogP contribution in [0, 0.1) is 10.1 Å². The van der Waals surface area contributed by atoms with Gasteiger partial charge in [0.05, 0.1) is 24.3 Å². The molecular formula is C23H20ClN3O5. The number of benzene rings is 3. The lowest BCUT2D eigenvalue weighted by Gasteiger charge is -2.19. The highest BCUT2D eigenvalue weighted by Crippen LogP contribution is 2.30. The third-order valence-electron chi connectivity index (χ3n) is 4.70. The summed E-state index contributed by atoms with van der Waals surface area (Å²) in [5, 5.41) is 14.8. The number of methoxy groups -OCH3 is 1. The van der Waals surface area contributed by atoms with Gasteiger partial charge in [0.25, 0.3) is 5.69 Å². The molecule has 0 aliphatic carbocycles. The van der Waals surface area contributed by atoms with Crippen LogP contribution in [-0.4, -0.2) is 37.3 Å². The smallest absolute Gasteiger partial charge is 0.293 e. The zero-order valence-electron chi connectivity index (χ0n) is 17.4. The Morgan fingerprint density at radius 2 is 1.78 bits per heavy atom. The quantitative estimate of drug-likeness (QED) is 0.304. The van der Waals surface area contributed by atoms with Gasteiger partial charge in [-0.3, -0.25) is 19.7 Å². The Bertz CT molecular complexity index is 1170. The molecule has 3 rings (SSSR count). The van der Waals surface area contributed by atoms with Crippen LogP contribution in [0.4, 0.5) is 17.1 Å². The number of likely N-dealkylation sites (N-methyl/N-ethyl adjacent to an activating group) is 1. The van der Waals surface area contributed by atoms with Crippen molar-refractivity contribution in [2.45, 2.75) is 0 Å². The number of carbonyl (C=O) groups excluding carboxylic acids is 2. The normalized spacial score (nSPS) is 10.3. The van der Waals surface area contributed by atoms with Crippen LogP contribution in [0.25, 0.3) is 0 Å². The molecule has 0 atom stereocenters. The molecule has 0 spiro atoms. The average Bonchev–Trinajstić information content (AvgIpc) is 2.78. The molecule has 164 valence electrons. The first-order valence-corrected chi connectivity index (χ1v) is 9.90. The summed E-state index contributed by atoms with van der Waals surface area (Å²) in [6.07, 6.45) is 0. The summed E-state index contributed by atoms with van der Waals surface area (Å²) >= 11 is 5.98. The lowest BCUT2D eigenvalue weighted by molar-refractivity contribution is -0.384. The van der Waals surface area contributed by atoms with Gasteiger partial charge in [-0.05, 0) is 30.3 Å². The molecule has 1 N–H and O–H groups in total. The maximum Gasteiger partial charge on any atom is 0.293 e. The Kier molecular flexibility index (Phi) is 7.07. The number of hydrogen-bond acceptors (Lipinski definition) is 6. The number of nitrogens with zero attached hydrogens (tertiary/aromatic N) is 2. The number of rotatable bonds is 8. The predicted molar refractivity (Wildman–Crippen MR) is 123 cm³/mol. The van der Waals surface area contributed by atoms with Crippen LogP contribution < -0.4 is 15.0 Å². The van der Waals surface area contributed by atoms with Crippen molar-refractivity contribution in [1.29, 1.82) is 0 Å². The monoisotopic (exact) mass is 453 g/mol. The summed E-state index contributed by atoms with van der Waals surface area (Å²) in [7, 11) is 3.02. The second-order valence-electron chi connectivity index (χ2n) is 6.90. The second kappa shape index (κ2) is 9.93. The molecule has 1 amide bonds. The van der Waals surface area contributed by atoms with E-state index in [9.17, 15) is 19.7 Å². The van der Waals surface area contributed by atoms with Crippen LogP contribution in [0.5, 0.6) is 5.75 Å². The fraction of sp³-hybridized carbons (Fsp3) is 0.130. The third kappa shape index (κ3) is 5.22. The fourth-order valence-electron chi connectivity index (χ4n) is 3.16. The first-order valence-electron chi connectivity index (χ1n) is 9.53. The summed E-state index contributed by atoms with van der Waals surface area (Å²) in [6, 6.07) is 17.5. The van der Waals surface area contributed by atoms with Crippen molar-refractivity contribution in [2.24, 2.45) is 0 Å². The van der Waals surface area contributed by atoms with Crippen molar-refractivity contribution in [3.8, 4) is 5.75 Å². The number of hydrogen-bond donors (Lipinski definition) is 1. The van der Waals surface area contributed by atoms with Gasteiger partial charge in [-0.25, -0.2) is 0 Å². The van der Waals surface area contributed by atoms with E-state index in [-0.39, 0.29) is 29.3 Å². The van der Waals surface area contributed by atoms with E-state index in [1.54, 1.807) is 55.6 Å². The third-order valence-corrected chi connectivity index (χ3v) is 4.93. The fourth-order valence-corrected chi connectivity index (χ4v) is 3.33. The first kappa shape index (κ1) is 22.8. The lowest BCUT2D eigenvalue weighted by atomic mass is 10.0. The molecule has 0 aromatic heterocycles. The van der Waals surface area contributed by atoms with Gasteiger partial charge in [0.2, 0.25) is 5.91 Å². The number of anilines is 2. The SMILES string of the molecule is COc1ccc(Cl)cc1NC(=O)CN(C)c1ccc(C(=O)c2ccccc2)cc1[N+](=O)[O-]. The van der Waals surface area contributed by atoms with E-state index in [0.29, 0.717) is 22.0 Å². The Morgan fingerprint density at radius 1 is 1.06 bits per heavy atom. The number of nitro benzene ring substituents is 1. The molecular weight excluding hydrogens is 434 g/mol. The highest BCUT2D eigenvalue weighted by atomic mass is 35.5. The molecule has 0 aliphatic rings. The zero-order valence-corrected chi connectivity index (χ0v) is 18.1. The summed E-state index contributed by atoms with van der Waals surface area (Å²) in [4.78, 5) is 37.7. The van der Waals surface area contributed by atoms with Crippen molar-refractivity contribution in [2.75, 3.05) is 30.9 Å². The Morgan fingerprint density at radius 3 is 2.44 bits per heavy atom. The van der Waals surface area contributed by atoms with Crippen LogP contribution >= 0.6 is 11.6 Å². The highest BCUT2D eigenvalue weighted by Gasteiger charge is 2.22. The van der Waals surface area contributed by atoms with Crippen molar-refractivity contribution in [3.63, 3.8) is 0 Å². The number of nitrogens with one attached hydrogen (secondary N) is 1. The van der Waals surface area contributed by atoms with Crippen LogP contribution in [0.1, 0.15) is 15.9 Å². The number of carbonyl (C=O) groups is 2. The molecule has 0 saturated heterocycles. The van der Waals surface area contributed by atoms with Crippen LogP contribution in [0.2, 0.25) is 5.02 Å². The number of ether oxygens (including phenoxy) is 1. The van der Waals surface area contributed by atoms with Gasteiger partial charge in [-0.1, -0.05) is 41.9 Å². The zero-order chi connectivity index (χ0) is 23.3. The number of nitro groups is 1. The van der Waals surface area contributed by atoms with E-state index in [1.165, 1.54) is 30.2 Å². The molecule has 32 heavy (non-hydrogen) atoms. The van der Waals surface area contributed by atoms with Gasteiger partial charge in [-0.2, -0.15) is 0 Å². The molecule has 0 radical (unpaired) electrons. The van der Waals surface area contributed by atoms with E-state index < -0.39 is 10.8 Å². The Balaban J connectivity index is 1.81. The number of amides is 1. The molecule has 0 fully saturated rings. The molecule has 0 heterocycles. The standard InChI is InChI=1S/C23H20ClN3O5/c1-26(14-22(28)25-18-13-17(24)9-11-21(18)32-2)19-10-8-16(12-20(19)27(30)31)23(29)15-6-4-3-5-7-15/h3-13H,14H2,1-2H3,(H,25,28). The molecule has 0 saturated carbocycles. The maximum absolute atomic E-state index is 12.6. The molecule has 3 aromatic rings.